The van der Waals surface area contributed by atoms with Crippen molar-refractivity contribution in [1.29, 1.82) is 0 Å². The number of nitrogens with two attached hydrogens (primary N) is 1. The molecule has 1 aliphatic heterocycles. The lowest BCUT2D eigenvalue weighted by Gasteiger charge is -2.27. The maximum absolute atomic E-state index is 13.3. The third kappa shape index (κ3) is 6.08. The minimum Gasteiger partial charge on any atom is -0.383 e. The number of aryl methyl sites for hydroxylation is 1. The van der Waals surface area contributed by atoms with E-state index in [-0.39, 0.29) is 12.5 Å². The summed E-state index contributed by atoms with van der Waals surface area (Å²) in [7, 11) is 0.624. The van der Waals surface area contributed by atoms with Crippen LogP contribution in [-0.4, -0.2) is 35.9 Å². The van der Waals surface area contributed by atoms with Gasteiger partial charge < -0.3 is 21.7 Å². The van der Waals surface area contributed by atoms with Gasteiger partial charge in [-0.05, 0) is 42.9 Å². The van der Waals surface area contributed by atoms with Crippen LogP contribution in [-0.2, 0) is 4.79 Å². The number of anilines is 2. The molecule has 33 heavy (non-hydrogen) atoms. The van der Waals surface area contributed by atoms with Crippen LogP contribution in [0.1, 0.15) is 17.2 Å². The Balaban J connectivity index is 0.000000968. The van der Waals surface area contributed by atoms with Gasteiger partial charge in [0.1, 0.15) is 23.3 Å². The second-order valence-corrected chi connectivity index (χ2v) is 8.29. The third-order valence-electron chi connectivity index (χ3n) is 5.03. The van der Waals surface area contributed by atoms with Gasteiger partial charge in [0.25, 0.3) is 0 Å². The topological polar surface area (TPSA) is 97.0 Å². The number of halogens is 2. The van der Waals surface area contributed by atoms with E-state index in [1.807, 2.05) is 23.0 Å². The predicted octanol–water partition coefficient (Wildman–Crippen LogP) is 3.17. The number of amides is 1. The molecule has 2 aromatic carbocycles. The van der Waals surface area contributed by atoms with Crippen molar-refractivity contribution in [2.75, 3.05) is 30.4 Å². The van der Waals surface area contributed by atoms with Crippen LogP contribution in [0, 0.1) is 18.6 Å². The number of carbonyl (C=O) groups excluding carboxylic acids is 1. The van der Waals surface area contributed by atoms with Gasteiger partial charge in [-0.15, -0.1) is 0 Å². The quantitative estimate of drug-likeness (QED) is 0.241. The van der Waals surface area contributed by atoms with Crippen LogP contribution >= 0.6 is 8.58 Å². The van der Waals surface area contributed by atoms with Gasteiger partial charge in [0.2, 0.25) is 6.41 Å². The molecular weight excluding hydrogens is 445 g/mol. The molecule has 2 heterocycles. The Labute approximate surface area is 193 Å². The van der Waals surface area contributed by atoms with Crippen molar-refractivity contribution in [2.24, 2.45) is 5.73 Å². The Hall–Kier alpha value is -3.45. The number of rotatable bonds is 7. The Morgan fingerprint density at radius 2 is 1.85 bits per heavy atom. The molecule has 0 radical (unpaired) electrons. The minimum absolute atomic E-state index is 0.0262. The Morgan fingerprint density at radius 3 is 2.52 bits per heavy atom. The standard InChI is InChI=1S/C22H24F2N5P.CH3NO/c1-14-5-3-4-6-18(14)19-12-21(29-22(28-19)20(30-2)13-27-29)26-8-7-25-17-10-15(23)9-16(24)11-17;2-1-3/h3-6,9-13,19,25-26,28,30H,7-8H2,1-2H3;1H,(H2,2,3). The number of primary amides is 1. The molecule has 0 spiro atoms. The van der Waals surface area contributed by atoms with E-state index in [1.165, 1.54) is 28.6 Å². The van der Waals surface area contributed by atoms with Crippen LogP contribution in [0.15, 0.2) is 54.7 Å². The van der Waals surface area contributed by atoms with Crippen LogP contribution in [0.25, 0.3) is 5.82 Å². The first-order chi connectivity index (χ1) is 16.0. The fraction of sp³-hybridized carbons (Fsp3) is 0.217. The van der Waals surface area contributed by atoms with Crippen LogP contribution < -0.4 is 27.0 Å². The lowest BCUT2D eigenvalue weighted by Crippen LogP contribution is -2.30. The van der Waals surface area contributed by atoms with Crippen molar-refractivity contribution in [3.8, 4) is 0 Å². The zero-order valence-corrected chi connectivity index (χ0v) is 19.4. The number of benzene rings is 2. The second kappa shape index (κ2) is 11.4. The summed E-state index contributed by atoms with van der Waals surface area (Å²) in [6, 6.07) is 11.8. The lowest BCUT2D eigenvalue weighted by molar-refractivity contribution is -0.106. The smallest absolute Gasteiger partial charge is 0.204 e. The summed E-state index contributed by atoms with van der Waals surface area (Å²) in [6.45, 7) is 5.30. The van der Waals surface area contributed by atoms with Gasteiger partial charge in [0.15, 0.2) is 0 Å². The summed E-state index contributed by atoms with van der Waals surface area (Å²) in [5.74, 6) is 0.686. The van der Waals surface area contributed by atoms with Crippen LogP contribution in [0.2, 0.25) is 0 Å². The van der Waals surface area contributed by atoms with Gasteiger partial charge in [0.05, 0.1) is 12.2 Å². The molecule has 2 unspecified atom stereocenters. The summed E-state index contributed by atoms with van der Waals surface area (Å²) in [6.07, 6.45) is 4.26. The highest BCUT2D eigenvalue weighted by atomic mass is 31.1. The molecule has 1 aromatic heterocycles. The number of aromatic nitrogens is 2. The maximum Gasteiger partial charge on any atom is 0.204 e. The Bertz CT molecular complexity index is 1110. The fourth-order valence-electron chi connectivity index (χ4n) is 3.56. The third-order valence-corrected chi connectivity index (χ3v) is 5.93. The number of fused-ring (bicyclic) bond motifs is 1. The van der Waals surface area contributed by atoms with Gasteiger partial charge in [-0.1, -0.05) is 32.8 Å². The normalized spacial score (nSPS) is 14.5. The Morgan fingerprint density at radius 1 is 1.18 bits per heavy atom. The number of hydrogen-bond acceptors (Lipinski definition) is 5. The number of nitrogens with zero attached hydrogens (tertiary/aromatic N) is 2. The first-order valence-corrected chi connectivity index (χ1v) is 11.9. The van der Waals surface area contributed by atoms with Gasteiger partial charge in [0, 0.05) is 30.1 Å². The molecule has 7 nitrogen and oxygen atoms in total. The molecule has 0 bridgehead atoms. The summed E-state index contributed by atoms with van der Waals surface area (Å²) < 4.78 is 28.6. The van der Waals surface area contributed by atoms with Gasteiger partial charge in [-0.3, -0.25) is 4.79 Å². The average Bonchev–Trinajstić information content (AvgIpc) is 3.20. The lowest BCUT2D eigenvalue weighted by atomic mass is 10.00. The van der Waals surface area contributed by atoms with Gasteiger partial charge >= 0.3 is 0 Å². The summed E-state index contributed by atoms with van der Waals surface area (Å²) in [5, 5.41) is 15.8. The molecule has 5 N–H and O–H groups in total. The minimum atomic E-state index is -0.596. The van der Waals surface area contributed by atoms with E-state index < -0.39 is 11.6 Å². The molecule has 174 valence electrons. The summed E-state index contributed by atoms with van der Waals surface area (Å²) >= 11 is 0. The van der Waals surface area contributed by atoms with E-state index in [0.29, 0.717) is 27.4 Å². The zero-order chi connectivity index (χ0) is 23.8. The molecule has 3 aromatic rings. The first-order valence-electron chi connectivity index (χ1n) is 10.4. The molecule has 0 aliphatic carbocycles. The van der Waals surface area contributed by atoms with Crippen molar-refractivity contribution in [1.82, 2.24) is 15.1 Å². The van der Waals surface area contributed by atoms with Crippen LogP contribution in [0.5, 0.6) is 0 Å². The SMILES string of the molecule is CPc1cnn2c1NC(c1ccccc1C)C=C2NCCNc1cc(F)cc(F)c1.NC=O. The first kappa shape index (κ1) is 24.2. The second-order valence-electron chi connectivity index (χ2n) is 7.25. The van der Waals surface area contributed by atoms with E-state index >= 15 is 0 Å². The summed E-state index contributed by atoms with van der Waals surface area (Å²) in [4.78, 5) is 8.58. The highest BCUT2D eigenvalue weighted by molar-refractivity contribution is 7.46. The molecule has 0 saturated carbocycles. The van der Waals surface area contributed by atoms with E-state index in [2.05, 4.69) is 58.6 Å². The molecule has 0 fully saturated rings. The molecule has 2 atom stereocenters. The number of carbonyl (C=O) groups is 1. The average molecular weight is 472 g/mol. The molecular formula is C23H27F2N6OP. The van der Waals surface area contributed by atoms with Gasteiger partial charge in [-0.2, -0.15) is 5.10 Å². The molecule has 4 rings (SSSR count). The van der Waals surface area contributed by atoms with E-state index in [0.717, 1.165) is 17.7 Å². The largest absolute Gasteiger partial charge is 0.383 e. The molecule has 1 aliphatic rings. The van der Waals surface area contributed by atoms with Gasteiger partial charge in [-0.25, -0.2) is 13.5 Å². The van der Waals surface area contributed by atoms with Crippen LogP contribution in [0.4, 0.5) is 20.3 Å². The van der Waals surface area contributed by atoms with E-state index in [4.69, 9.17) is 4.79 Å². The van der Waals surface area contributed by atoms with Crippen molar-refractivity contribution in [2.45, 2.75) is 13.0 Å². The fourth-order valence-corrected chi connectivity index (χ4v) is 4.16. The molecule has 10 heteroatoms. The van der Waals surface area contributed by atoms with Crippen molar-refractivity contribution < 1.29 is 13.6 Å². The van der Waals surface area contributed by atoms with E-state index in [9.17, 15) is 8.78 Å². The summed E-state index contributed by atoms with van der Waals surface area (Å²) in [5.41, 5.74) is 7.01. The van der Waals surface area contributed by atoms with Crippen molar-refractivity contribution >= 4 is 37.6 Å². The van der Waals surface area contributed by atoms with Crippen LogP contribution in [0.3, 0.4) is 0 Å². The molecule has 0 saturated heterocycles. The number of nitrogens with one attached hydrogen (secondary N) is 3. The Kier molecular flexibility index (Phi) is 8.38. The highest BCUT2D eigenvalue weighted by Crippen LogP contribution is 2.31. The van der Waals surface area contributed by atoms with Crippen molar-refractivity contribution in [3.63, 3.8) is 0 Å². The number of hydrogen-bond donors (Lipinski definition) is 4. The molecule has 1 amide bonds. The highest BCUT2D eigenvalue weighted by Gasteiger charge is 2.23. The maximum atomic E-state index is 13.3. The monoisotopic (exact) mass is 472 g/mol. The van der Waals surface area contributed by atoms with Crippen molar-refractivity contribution in [3.05, 3.63) is 77.5 Å². The van der Waals surface area contributed by atoms with E-state index in [1.54, 1.807) is 0 Å². The zero-order valence-electron chi connectivity index (χ0n) is 18.4. The predicted molar refractivity (Wildman–Crippen MR) is 131 cm³/mol.